The van der Waals surface area contributed by atoms with E-state index in [9.17, 15) is 22.0 Å². The molecule has 1 aliphatic heterocycles. The number of pyridine rings is 1. The Morgan fingerprint density at radius 3 is 2.62 bits per heavy atom. The van der Waals surface area contributed by atoms with E-state index in [2.05, 4.69) is 10.3 Å². The number of nitrogens with one attached hydrogen (secondary N) is 1. The fraction of sp³-hybridized carbons (Fsp3) is 0.304. The van der Waals surface area contributed by atoms with Crippen LogP contribution in [0.4, 0.5) is 8.78 Å². The highest BCUT2D eigenvalue weighted by Crippen LogP contribution is 2.26. The Morgan fingerprint density at radius 2 is 1.84 bits per heavy atom. The zero-order chi connectivity index (χ0) is 22.7. The van der Waals surface area contributed by atoms with Crippen LogP contribution in [0, 0.1) is 17.6 Å². The first-order valence-electron chi connectivity index (χ1n) is 10.4. The third kappa shape index (κ3) is 4.63. The second-order valence-corrected chi connectivity index (χ2v) is 9.69. The molecule has 1 amide bonds. The summed E-state index contributed by atoms with van der Waals surface area (Å²) in [5, 5.41) is 3.96. The Morgan fingerprint density at radius 1 is 1.09 bits per heavy atom. The number of carbonyl (C=O) groups is 1. The maximum atomic E-state index is 14.0. The van der Waals surface area contributed by atoms with Crippen LogP contribution in [0.15, 0.2) is 59.6 Å². The normalized spacial score (nSPS) is 15.7. The number of aromatic nitrogens is 1. The van der Waals surface area contributed by atoms with Gasteiger partial charge in [0.05, 0.1) is 5.52 Å². The SMILES string of the molecule is O=C(NCCc1cccc2cccnc12)C1CCN(S(=O)(=O)c2cc(F)ccc2F)CC1. The van der Waals surface area contributed by atoms with Crippen LogP contribution >= 0.6 is 0 Å². The molecule has 1 fully saturated rings. The van der Waals surface area contributed by atoms with E-state index in [1.165, 1.54) is 0 Å². The summed E-state index contributed by atoms with van der Waals surface area (Å²) in [7, 11) is -4.16. The molecule has 1 aromatic heterocycles. The quantitative estimate of drug-likeness (QED) is 0.614. The lowest BCUT2D eigenvalue weighted by Gasteiger charge is -2.30. The van der Waals surface area contributed by atoms with Crippen molar-refractivity contribution in [2.24, 2.45) is 5.92 Å². The van der Waals surface area contributed by atoms with Gasteiger partial charge < -0.3 is 5.32 Å². The molecule has 9 heteroatoms. The summed E-state index contributed by atoms with van der Waals surface area (Å²) >= 11 is 0. The van der Waals surface area contributed by atoms with Gasteiger partial charge in [-0.3, -0.25) is 9.78 Å². The molecule has 168 valence electrons. The first kappa shape index (κ1) is 22.3. The summed E-state index contributed by atoms with van der Waals surface area (Å²) in [6.07, 6.45) is 3.00. The molecule has 3 aromatic rings. The van der Waals surface area contributed by atoms with Gasteiger partial charge >= 0.3 is 0 Å². The van der Waals surface area contributed by atoms with Crippen LogP contribution in [-0.2, 0) is 21.2 Å². The number of fused-ring (bicyclic) bond motifs is 1. The van der Waals surface area contributed by atoms with Gasteiger partial charge in [-0.15, -0.1) is 0 Å². The molecular weight excluding hydrogens is 436 g/mol. The lowest BCUT2D eigenvalue weighted by atomic mass is 9.97. The maximum Gasteiger partial charge on any atom is 0.246 e. The smallest absolute Gasteiger partial charge is 0.246 e. The predicted octanol–water partition coefficient (Wildman–Crippen LogP) is 3.27. The molecule has 1 saturated heterocycles. The third-order valence-electron chi connectivity index (χ3n) is 5.75. The Balaban J connectivity index is 1.32. The molecule has 0 bridgehead atoms. The molecule has 32 heavy (non-hydrogen) atoms. The summed E-state index contributed by atoms with van der Waals surface area (Å²) < 4.78 is 53.9. The molecule has 0 aliphatic carbocycles. The van der Waals surface area contributed by atoms with Crippen LogP contribution in [-0.4, -0.2) is 43.2 Å². The number of amides is 1. The number of benzene rings is 2. The van der Waals surface area contributed by atoms with Crippen molar-refractivity contribution < 1.29 is 22.0 Å². The molecule has 0 spiro atoms. The molecule has 6 nitrogen and oxygen atoms in total. The molecular formula is C23H23F2N3O3S. The average molecular weight is 460 g/mol. The highest BCUT2D eigenvalue weighted by atomic mass is 32.2. The van der Waals surface area contributed by atoms with E-state index < -0.39 is 26.6 Å². The zero-order valence-electron chi connectivity index (χ0n) is 17.3. The standard InChI is InChI=1S/C23H23F2N3O3S/c24-19-6-7-20(25)21(15-19)32(30,31)28-13-9-18(10-14-28)23(29)27-12-8-17-4-1-3-16-5-2-11-26-22(16)17/h1-7,11,15,18H,8-10,12-14H2,(H,27,29). The Hall–Kier alpha value is -2.91. The van der Waals surface area contributed by atoms with Crippen LogP contribution < -0.4 is 5.32 Å². The average Bonchev–Trinajstić information content (AvgIpc) is 2.80. The van der Waals surface area contributed by atoms with Crippen molar-refractivity contribution in [3.05, 3.63) is 71.9 Å². The highest BCUT2D eigenvalue weighted by Gasteiger charge is 2.33. The zero-order valence-corrected chi connectivity index (χ0v) is 18.1. The van der Waals surface area contributed by atoms with E-state index in [4.69, 9.17) is 0 Å². The highest BCUT2D eigenvalue weighted by molar-refractivity contribution is 7.89. The van der Waals surface area contributed by atoms with Crippen molar-refractivity contribution in [2.75, 3.05) is 19.6 Å². The van der Waals surface area contributed by atoms with Gasteiger partial charge in [0.1, 0.15) is 16.5 Å². The van der Waals surface area contributed by atoms with Crippen LogP contribution in [0.2, 0.25) is 0 Å². The fourth-order valence-electron chi connectivity index (χ4n) is 4.01. The lowest BCUT2D eigenvalue weighted by molar-refractivity contribution is -0.126. The van der Waals surface area contributed by atoms with Crippen molar-refractivity contribution in [1.82, 2.24) is 14.6 Å². The first-order valence-corrected chi connectivity index (χ1v) is 11.9. The summed E-state index contributed by atoms with van der Waals surface area (Å²) in [5.41, 5.74) is 1.95. The van der Waals surface area contributed by atoms with E-state index in [0.29, 0.717) is 31.9 Å². The van der Waals surface area contributed by atoms with Gasteiger partial charge in [0.25, 0.3) is 0 Å². The number of hydrogen-bond donors (Lipinski definition) is 1. The number of nitrogens with zero attached hydrogens (tertiary/aromatic N) is 2. The number of rotatable bonds is 6. The molecule has 2 aromatic carbocycles. The largest absolute Gasteiger partial charge is 0.356 e. The molecule has 1 N–H and O–H groups in total. The molecule has 0 radical (unpaired) electrons. The predicted molar refractivity (Wildman–Crippen MR) is 116 cm³/mol. The molecule has 0 unspecified atom stereocenters. The minimum atomic E-state index is -4.16. The second kappa shape index (κ2) is 9.30. The molecule has 2 heterocycles. The number of carbonyl (C=O) groups excluding carboxylic acids is 1. The van der Waals surface area contributed by atoms with Crippen LogP contribution in [0.3, 0.4) is 0 Å². The summed E-state index contributed by atoms with van der Waals surface area (Å²) in [6, 6.07) is 12.2. The Labute approximate surface area is 185 Å². The van der Waals surface area contributed by atoms with Gasteiger partial charge in [0, 0.05) is 37.1 Å². The Bertz CT molecular complexity index is 1240. The van der Waals surface area contributed by atoms with Crippen LogP contribution in [0.5, 0.6) is 0 Å². The number of hydrogen-bond acceptors (Lipinski definition) is 4. The minimum Gasteiger partial charge on any atom is -0.356 e. The van der Waals surface area contributed by atoms with E-state index in [0.717, 1.165) is 32.9 Å². The lowest BCUT2D eigenvalue weighted by Crippen LogP contribution is -2.43. The van der Waals surface area contributed by atoms with Crippen LogP contribution in [0.1, 0.15) is 18.4 Å². The van der Waals surface area contributed by atoms with E-state index in [1.54, 1.807) is 6.20 Å². The second-order valence-electron chi connectivity index (χ2n) is 7.79. The first-order chi connectivity index (χ1) is 15.4. The number of halogens is 2. The monoisotopic (exact) mass is 459 g/mol. The fourth-order valence-corrected chi connectivity index (χ4v) is 5.55. The number of sulfonamides is 1. The Kier molecular flexibility index (Phi) is 6.48. The molecule has 1 aliphatic rings. The summed E-state index contributed by atoms with van der Waals surface area (Å²) in [4.78, 5) is 16.3. The minimum absolute atomic E-state index is 0.0730. The molecule has 0 atom stereocenters. The van der Waals surface area contributed by atoms with Gasteiger partial charge in [-0.25, -0.2) is 17.2 Å². The van der Waals surface area contributed by atoms with Crippen molar-refractivity contribution in [2.45, 2.75) is 24.2 Å². The maximum absolute atomic E-state index is 14.0. The van der Waals surface area contributed by atoms with Crippen molar-refractivity contribution in [1.29, 1.82) is 0 Å². The topological polar surface area (TPSA) is 79.4 Å². The van der Waals surface area contributed by atoms with E-state index in [1.807, 2.05) is 30.3 Å². The number of piperidine rings is 1. The summed E-state index contributed by atoms with van der Waals surface area (Å²) in [5.74, 6) is -2.27. The van der Waals surface area contributed by atoms with Gasteiger partial charge in [0.2, 0.25) is 15.9 Å². The van der Waals surface area contributed by atoms with Gasteiger partial charge in [-0.2, -0.15) is 4.31 Å². The van der Waals surface area contributed by atoms with Gasteiger partial charge in [-0.1, -0.05) is 24.3 Å². The van der Waals surface area contributed by atoms with Crippen molar-refractivity contribution in [3.63, 3.8) is 0 Å². The van der Waals surface area contributed by atoms with E-state index in [-0.39, 0.29) is 24.9 Å². The van der Waals surface area contributed by atoms with Gasteiger partial charge in [-0.05, 0) is 49.1 Å². The van der Waals surface area contributed by atoms with E-state index >= 15 is 0 Å². The van der Waals surface area contributed by atoms with Gasteiger partial charge in [0.15, 0.2) is 0 Å². The van der Waals surface area contributed by atoms with Crippen molar-refractivity contribution >= 4 is 26.8 Å². The molecule has 0 saturated carbocycles. The third-order valence-corrected chi connectivity index (χ3v) is 7.66. The van der Waals surface area contributed by atoms with Crippen molar-refractivity contribution in [3.8, 4) is 0 Å². The van der Waals surface area contributed by atoms with Crippen LogP contribution in [0.25, 0.3) is 10.9 Å². The molecule has 4 rings (SSSR count). The number of para-hydroxylation sites is 1. The summed E-state index contributed by atoms with van der Waals surface area (Å²) in [6.45, 7) is 0.592.